The maximum atomic E-state index is 14.3. The lowest BCUT2D eigenvalue weighted by atomic mass is 9.86. The number of halogens is 3. The first-order chi connectivity index (χ1) is 18.7. The summed E-state index contributed by atoms with van der Waals surface area (Å²) < 4.78 is 44.0. The molecule has 3 aromatic heterocycles. The van der Waals surface area contributed by atoms with E-state index in [2.05, 4.69) is 30.5 Å². The first kappa shape index (κ1) is 23.9. The molecule has 39 heavy (non-hydrogen) atoms. The largest absolute Gasteiger partial charge is 0.370 e. The third-order valence-corrected chi connectivity index (χ3v) is 8.72. The smallest absolute Gasteiger partial charge is 0.276 e. The maximum Gasteiger partial charge on any atom is 0.276 e. The molecule has 2 fully saturated rings. The average molecular weight is 534 g/mol. The number of benzene rings is 1. The van der Waals surface area contributed by atoms with Crippen LogP contribution >= 0.6 is 0 Å². The van der Waals surface area contributed by atoms with Gasteiger partial charge in [0.05, 0.1) is 17.9 Å². The van der Waals surface area contributed by atoms with E-state index in [9.17, 15) is 18.0 Å². The summed E-state index contributed by atoms with van der Waals surface area (Å²) in [7, 11) is 0. The summed E-state index contributed by atoms with van der Waals surface area (Å²) in [5, 5.41) is 14.4. The number of amides is 1. The molecule has 3 atom stereocenters. The minimum atomic E-state index is -2.73. The maximum absolute atomic E-state index is 14.3. The van der Waals surface area contributed by atoms with E-state index in [4.69, 9.17) is 0 Å². The van der Waals surface area contributed by atoms with Crippen LogP contribution in [-0.2, 0) is 12.8 Å². The molecule has 1 saturated carbocycles. The topological polar surface area (TPSA) is 91.7 Å². The number of anilines is 2. The van der Waals surface area contributed by atoms with E-state index in [-0.39, 0.29) is 30.5 Å². The summed E-state index contributed by atoms with van der Waals surface area (Å²) in [6.07, 6.45) is 5.12. The quantitative estimate of drug-likeness (QED) is 0.357. The molecule has 4 heterocycles. The Morgan fingerprint density at radius 2 is 2.00 bits per heavy atom. The summed E-state index contributed by atoms with van der Waals surface area (Å²) in [5.74, 6) is -4.26. The Morgan fingerprint density at radius 3 is 2.77 bits per heavy atom. The molecule has 0 bridgehead atoms. The number of carbonyl (C=O) groups excluding carboxylic acids is 1. The van der Waals surface area contributed by atoms with Crippen LogP contribution in [0.25, 0.3) is 0 Å². The van der Waals surface area contributed by atoms with E-state index in [0.29, 0.717) is 30.0 Å². The molecule has 11 heteroatoms. The van der Waals surface area contributed by atoms with E-state index in [1.807, 2.05) is 35.0 Å². The van der Waals surface area contributed by atoms with Gasteiger partial charge in [-0.2, -0.15) is 14.6 Å². The molecular formula is C28H26F3N7O. The van der Waals surface area contributed by atoms with E-state index >= 15 is 0 Å². The summed E-state index contributed by atoms with van der Waals surface area (Å²) >= 11 is 0. The Balaban J connectivity index is 1.09. The van der Waals surface area contributed by atoms with Gasteiger partial charge in [0.25, 0.3) is 11.8 Å². The van der Waals surface area contributed by atoms with Gasteiger partial charge in [-0.3, -0.25) is 14.6 Å². The van der Waals surface area contributed by atoms with Crippen molar-refractivity contribution in [3.63, 3.8) is 0 Å². The summed E-state index contributed by atoms with van der Waals surface area (Å²) in [6, 6.07) is 13.1. The molecule has 2 N–H and O–H groups in total. The van der Waals surface area contributed by atoms with Gasteiger partial charge >= 0.3 is 0 Å². The molecule has 1 saturated heterocycles. The number of hydrogen-bond donors (Lipinski definition) is 2. The van der Waals surface area contributed by atoms with Crippen molar-refractivity contribution in [2.24, 2.45) is 17.3 Å². The first-order valence-electron chi connectivity index (χ1n) is 13.0. The number of aromatic amines is 1. The van der Waals surface area contributed by atoms with Crippen LogP contribution in [-0.4, -0.2) is 49.9 Å². The Bertz CT molecular complexity index is 1560. The van der Waals surface area contributed by atoms with Gasteiger partial charge in [0, 0.05) is 72.2 Å². The van der Waals surface area contributed by atoms with Gasteiger partial charge in [-0.25, -0.2) is 13.8 Å². The third-order valence-electron chi connectivity index (χ3n) is 8.72. The van der Waals surface area contributed by atoms with Gasteiger partial charge in [-0.05, 0) is 18.1 Å². The molecule has 1 aliphatic heterocycles. The second-order valence-electron chi connectivity index (χ2n) is 11.0. The number of rotatable bonds is 6. The Morgan fingerprint density at radius 1 is 1.21 bits per heavy atom. The number of nitrogens with zero attached hydrogens (tertiary/aromatic N) is 5. The molecule has 1 aromatic carbocycles. The summed E-state index contributed by atoms with van der Waals surface area (Å²) in [5.41, 5.74) is 2.62. The minimum absolute atomic E-state index is 0.104. The molecule has 0 unspecified atom stereocenters. The summed E-state index contributed by atoms with van der Waals surface area (Å²) in [6.45, 7) is 3.00. The molecule has 8 nitrogen and oxygen atoms in total. The average Bonchev–Trinajstić information content (AvgIpc) is 3.31. The van der Waals surface area contributed by atoms with Crippen molar-refractivity contribution in [2.75, 3.05) is 23.3 Å². The lowest BCUT2D eigenvalue weighted by molar-refractivity contribution is 0.0630. The Labute approximate surface area is 222 Å². The molecule has 0 radical (unpaired) electrons. The molecule has 2 aliphatic carbocycles. The van der Waals surface area contributed by atoms with Crippen LogP contribution in [0.15, 0.2) is 61.1 Å². The van der Waals surface area contributed by atoms with Crippen LogP contribution < -0.4 is 10.2 Å². The van der Waals surface area contributed by atoms with Crippen molar-refractivity contribution >= 4 is 17.3 Å². The van der Waals surface area contributed by atoms with Crippen LogP contribution in [0.2, 0.25) is 0 Å². The SMILES string of the molecule is C[C@@]12Cc3[nH]nc(C(=O)Nc4cnn([C@H](c5ccccc5)C5CN(c6ccnc(F)c6)C5)c4)c3C[C@@H]1C2(F)F. The van der Waals surface area contributed by atoms with E-state index in [0.717, 1.165) is 11.3 Å². The number of fused-ring (bicyclic) bond motifs is 2. The third kappa shape index (κ3) is 3.74. The number of aromatic nitrogens is 5. The molecule has 3 aliphatic rings. The van der Waals surface area contributed by atoms with Crippen LogP contribution in [0.4, 0.5) is 24.5 Å². The van der Waals surface area contributed by atoms with Gasteiger partial charge in [0.1, 0.15) is 0 Å². The van der Waals surface area contributed by atoms with Gasteiger partial charge in [0.15, 0.2) is 5.69 Å². The second-order valence-corrected chi connectivity index (χ2v) is 11.0. The zero-order valence-electron chi connectivity index (χ0n) is 21.1. The molecule has 4 aromatic rings. The predicted octanol–water partition coefficient (Wildman–Crippen LogP) is 4.49. The van der Waals surface area contributed by atoms with Crippen LogP contribution in [0, 0.1) is 23.2 Å². The molecule has 1 amide bonds. The number of nitrogens with one attached hydrogen (secondary N) is 2. The molecule has 200 valence electrons. The van der Waals surface area contributed by atoms with Gasteiger partial charge in [-0.1, -0.05) is 37.3 Å². The number of hydrogen-bond acceptors (Lipinski definition) is 5. The van der Waals surface area contributed by atoms with Crippen LogP contribution in [0.5, 0.6) is 0 Å². The van der Waals surface area contributed by atoms with Crippen molar-refractivity contribution < 1.29 is 18.0 Å². The highest BCUT2D eigenvalue weighted by Gasteiger charge is 2.78. The lowest BCUT2D eigenvalue weighted by Crippen LogP contribution is -2.51. The predicted molar refractivity (Wildman–Crippen MR) is 137 cm³/mol. The molecular weight excluding hydrogens is 507 g/mol. The fraction of sp³-hybridized carbons (Fsp3) is 0.357. The summed E-state index contributed by atoms with van der Waals surface area (Å²) in [4.78, 5) is 18.8. The zero-order valence-corrected chi connectivity index (χ0v) is 21.1. The number of H-pyrrole nitrogens is 1. The Hall–Kier alpha value is -4.15. The van der Waals surface area contributed by atoms with Crippen molar-refractivity contribution in [1.29, 1.82) is 0 Å². The van der Waals surface area contributed by atoms with E-state index in [1.165, 1.54) is 12.3 Å². The fourth-order valence-electron chi connectivity index (χ4n) is 6.34. The highest BCUT2D eigenvalue weighted by Crippen LogP contribution is 2.70. The Kier molecular flexibility index (Phi) is 5.17. The lowest BCUT2D eigenvalue weighted by Gasteiger charge is -2.45. The van der Waals surface area contributed by atoms with Crippen LogP contribution in [0.1, 0.15) is 40.3 Å². The van der Waals surface area contributed by atoms with Crippen molar-refractivity contribution in [3.8, 4) is 0 Å². The zero-order chi connectivity index (χ0) is 26.9. The second kappa shape index (κ2) is 8.42. The van der Waals surface area contributed by atoms with E-state index in [1.54, 1.807) is 25.4 Å². The standard InChI is InChI=1S/C28H26F3N7O/c1-27-11-21-20(10-22(27)28(27,30)31)24(36-35-21)26(39)34-18-12-33-38(15-18)25(16-5-3-2-4-6-16)17-13-37(14-17)19-7-8-32-23(29)9-19/h2-9,12,15,17,22,25H,10-11,13-14H2,1H3,(H,34,39)(H,35,36)/t22-,25+,27+/m0/s1. The van der Waals surface area contributed by atoms with Gasteiger partial charge in [0.2, 0.25) is 5.95 Å². The monoisotopic (exact) mass is 533 g/mol. The van der Waals surface area contributed by atoms with Crippen molar-refractivity contribution in [2.45, 2.75) is 31.7 Å². The first-order valence-corrected chi connectivity index (χ1v) is 13.0. The number of pyridine rings is 1. The van der Waals surface area contributed by atoms with Gasteiger partial charge < -0.3 is 10.2 Å². The number of alkyl halides is 2. The number of carbonyl (C=O) groups is 1. The normalized spacial score (nSPS) is 23.9. The highest BCUT2D eigenvalue weighted by atomic mass is 19.3. The van der Waals surface area contributed by atoms with Crippen molar-refractivity contribution in [1.82, 2.24) is 25.0 Å². The fourth-order valence-corrected chi connectivity index (χ4v) is 6.34. The molecule has 7 rings (SSSR count). The highest BCUT2D eigenvalue weighted by molar-refractivity contribution is 6.04. The van der Waals surface area contributed by atoms with Crippen molar-refractivity contribution in [3.05, 3.63) is 89.5 Å². The van der Waals surface area contributed by atoms with Crippen LogP contribution in [0.3, 0.4) is 0 Å². The molecule has 0 spiro atoms. The minimum Gasteiger partial charge on any atom is -0.370 e. The van der Waals surface area contributed by atoms with E-state index < -0.39 is 29.1 Å². The van der Waals surface area contributed by atoms with Gasteiger partial charge in [-0.15, -0.1) is 0 Å².